The summed E-state index contributed by atoms with van der Waals surface area (Å²) in [6.45, 7) is 6.41. The molecule has 0 spiro atoms. The Morgan fingerprint density at radius 3 is 1.41 bits per heavy atom. The maximum atomic E-state index is 6.38. The highest BCUT2D eigenvalue weighted by Crippen LogP contribution is 2.27. The highest BCUT2D eigenvalue weighted by Gasteiger charge is 2.31. The van der Waals surface area contributed by atoms with Crippen LogP contribution in [0.2, 0.25) is 0 Å². The highest BCUT2D eigenvalue weighted by atomic mass is 16.5. The van der Waals surface area contributed by atoms with E-state index in [9.17, 15) is 0 Å². The normalized spacial score (nSPS) is 20.2. The van der Waals surface area contributed by atoms with E-state index in [1.807, 2.05) is 0 Å². The number of allylic oxidation sites excluding steroid dienone is 4. The van der Waals surface area contributed by atoms with Crippen LogP contribution in [0, 0.1) is 0 Å². The van der Waals surface area contributed by atoms with Crippen molar-refractivity contribution in [3.63, 3.8) is 0 Å². The first kappa shape index (κ1) is 36.4. The summed E-state index contributed by atoms with van der Waals surface area (Å²) in [5.74, 6) is 0. The number of rotatable bonds is 27. The Hall–Kier alpha value is -0.640. The summed E-state index contributed by atoms with van der Waals surface area (Å²) in [4.78, 5) is 2.38. The van der Waals surface area contributed by atoms with Crippen molar-refractivity contribution in [3.05, 3.63) is 24.3 Å². The number of unbranched alkanes of at least 4 members (excludes halogenated alkanes) is 16. The third-order valence-corrected chi connectivity index (χ3v) is 8.38. The second-order valence-electron chi connectivity index (χ2n) is 12.4. The van der Waals surface area contributed by atoms with Gasteiger partial charge in [-0.2, -0.15) is 0 Å². The average Bonchev–Trinajstić information content (AvgIpc) is 2.93. The average molecular weight is 548 g/mol. The zero-order chi connectivity index (χ0) is 28.2. The molecule has 0 aromatic carbocycles. The van der Waals surface area contributed by atoms with Gasteiger partial charge in [0, 0.05) is 19.3 Å². The standard InChI is InChI=1S/C36H69NO2/c1-5-7-9-11-13-15-16-17-18-19-20-21-22-24-26-28-30-39-36-32-34(37(3)4)31-35(33-36)38-29-27-25-23-14-12-10-8-6-2/h13,15,17-18,34-36H,5-12,14,16,19-33H2,1-4H3/b15-13-,18-17-/t34-,35+,36-/m1/s1. The fourth-order valence-corrected chi connectivity index (χ4v) is 5.71. The van der Waals surface area contributed by atoms with Crippen LogP contribution in [0.4, 0.5) is 0 Å². The van der Waals surface area contributed by atoms with Crippen molar-refractivity contribution in [1.29, 1.82) is 0 Å². The first-order valence-electron chi connectivity index (χ1n) is 17.4. The Bertz CT molecular complexity index is 558. The van der Waals surface area contributed by atoms with E-state index in [0.29, 0.717) is 18.2 Å². The van der Waals surface area contributed by atoms with E-state index in [0.717, 1.165) is 38.9 Å². The third kappa shape index (κ3) is 22.7. The van der Waals surface area contributed by atoms with Gasteiger partial charge in [0.25, 0.3) is 0 Å². The van der Waals surface area contributed by atoms with Crippen molar-refractivity contribution in [2.45, 2.75) is 180 Å². The Labute approximate surface area is 245 Å². The minimum atomic E-state index is 0.368. The fraction of sp³-hybridized carbons (Fsp3) is 0.889. The van der Waals surface area contributed by atoms with Gasteiger partial charge in [0.2, 0.25) is 0 Å². The lowest BCUT2D eigenvalue weighted by Gasteiger charge is -2.38. The SMILES string of the molecule is CCCCC/C=C\C/C=C\CCCCCCCCO[C@H]1C[C@@H](OCCCCCCCCCC)C[C@@H](N(C)C)C1. The van der Waals surface area contributed by atoms with Gasteiger partial charge in [-0.05, 0) is 78.3 Å². The molecular weight excluding hydrogens is 478 g/mol. The zero-order valence-corrected chi connectivity index (χ0v) is 27.0. The van der Waals surface area contributed by atoms with E-state index in [2.05, 4.69) is 57.1 Å². The summed E-state index contributed by atoms with van der Waals surface area (Å²) in [5.41, 5.74) is 0. The van der Waals surface area contributed by atoms with Crippen LogP contribution in [-0.2, 0) is 9.47 Å². The van der Waals surface area contributed by atoms with Crippen molar-refractivity contribution in [2.24, 2.45) is 0 Å². The maximum Gasteiger partial charge on any atom is 0.0614 e. The smallest absolute Gasteiger partial charge is 0.0614 e. The summed E-state index contributed by atoms with van der Waals surface area (Å²) in [7, 11) is 4.43. The van der Waals surface area contributed by atoms with Crippen LogP contribution in [0.3, 0.4) is 0 Å². The zero-order valence-electron chi connectivity index (χ0n) is 27.0. The van der Waals surface area contributed by atoms with Crippen LogP contribution < -0.4 is 0 Å². The molecule has 0 aliphatic heterocycles. The molecule has 3 atom stereocenters. The van der Waals surface area contributed by atoms with Gasteiger partial charge in [-0.15, -0.1) is 0 Å². The summed E-state index contributed by atoms with van der Waals surface area (Å²) in [5, 5.41) is 0. The molecule has 0 unspecified atom stereocenters. The van der Waals surface area contributed by atoms with Crippen LogP contribution in [0.1, 0.15) is 162 Å². The Balaban J connectivity index is 2.02. The molecule has 1 aliphatic carbocycles. The molecule has 0 heterocycles. The molecule has 0 amide bonds. The van der Waals surface area contributed by atoms with Crippen LogP contribution in [0.5, 0.6) is 0 Å². The topological polar surface area (TPSA) is 21.7 Å². The van der Waals surface area contributed by atoms with E-state index in [1.54, 1.807) is 0 Å². The lowest BCUT2D eigenvalue weighted by Crippen LogP contribution is -2.42. The van der Waals surface area contributed by atoms with Crippen molar-refractivity contribution < 1.29 is 9.47 Å². The van der Waals surface area contributed by atoms with Gasteiger partial charge in [0.15, 0.2) is 0 Å². The van der Waals surface area contributed by atoms with Gasteiger partial charge in [-0.3, -0.25) is 0 Å². The second-order valence-corrected chi connectivity index (χ2v) is 12.4. The van der Waals surface area contributed by atoms with E-state index in [4.69, 9.17) is 9.47 Å². The molecule has 0 radical (unpaired) electrons. The van der Waals surface area contributed by atoms with Gasteiger partial charge >= 0.3 is 0 Å². The van der Waals surface area contributed by atoms with Crippen molar-refractivity contribution in [3.8, 4) is 0 Å². The van der Waals surface area contributed by atoms with Gasteiger partial charge in [0.05, 0.1) is 12.2 Å². The quantitative estimate of drug-likeness (QED) is 0.0754. The first-order valence-corrected chi connectivity index (χ1v) is 17.4. The number of hydrogen-bond acceptors (Lipinski definition) is 3. The van der Waals surface area contributed by atoms with Gasteiger partial charge < -0.3 is 14.4 Å². The summed E-state index contributed by atoms with van der Waals surface area (Å²) >= 11 is 0. The molecule has 1 fully saturated rings. The summed E-state index contributed by atoms with van der Waals surface area (Å²) in [6, 6.07) is 0.586. The van der Waals surface area contributed by atoms with E-state index < -0.39 is 0 Å². The maximum absolute atomic E-state index is 6.38. The molecular formula is C36H69NO2. The monoisotopic (exact) mass is 548 g/mol. The summed E-state index contributed by atoms with van der Waals surface area (Å²) < 4.78 is 12.7. The lowest BCUT2D eigenvalue weighted by atomic mass is 9.89. The van der Waals surface area contributed by atoms with Gasteiger partial charge in [-0.25, -0.2) is 0 Å². The highest BCUT2D eigenvalue weighted by molar-refractivity contribution is 4.92. The van der Waals surface area contributed by atoms with Crippen molar-refractivity contribution >= 4 is 0 Å². The predicted molar refractivity (Wildman–Crippen MR) is 173 cm³/mol. The number of hydrogen-bond donors (Lipinski definition) is 0. The minimum Gasteiger partial charge on any atom is -0.378 e. The lowest BCUT2D eigenvalue weighted by molar-refractivity contribution is -0.0667. The van der Waals surface area contributed by atoms with Crippen LogP contribution in [-0.4, -0.2) is 50.5 Å². The molecule has 0 saturated heterocycles. The first-order chi connectivity index (χ1) is 19.2. The van der Waals surface area contributed by atoms with Crippen LogP contribution in [0.15, 0.2) is 24.3 Å². The molecule has 1 aliphatic rings. The van der Waals surface area contributed by atoms with E-state index >= 15 is 0 Å². The van der Waals surface area contributed by atoms with Gasteiger partial charge in [-0.1, -0.05) is 122 Å². The summed E-state index contributed by atoms with van der Waals surface area (Å²) in [6.07, 6.45) is 40.0. The molecule has 1 rings (SSSR count). The molecule has 0 N–H and O–H groups in total. The molecule has 3 nitrogen and oxygen atoms in total. The van der Waals surface area contributed by atoms with Crippen LogP contribution >= 0.6 is 0 Å². The third-order valence-electron chi connectivity index (χ3n) is 8.38. The Morgan fingerprint density at radius 2 is 0.923 bits per heavy atom. The van der Waals surface area contributed by atoms with E-state index in [-0.39, 0.29) is 0 Å². The van der Waals surface area contributed by atoms with Crippen molar-refractivity contribution in [2.75, 3.05) is 27.3 Å². The molecule has 39 heavy (non-hydrogen) atoms. The molecule has 3 heteroatoms. The fourth-order valence-electron chi connectivity index (χ4n) is 5.71. The number of nitrogens with zero attached hydrogens (tertiary/aromatic N) is 1. The number of ether oxygens (including phenoxy) is 2. The Morgan fingerprint density at radius 1 is 0.513 bits per heavy atom. The van der Waals surface area contributed by atoms with E-state index in [1.165, 1.54) is 122 Å². The second kappa shape index (κ2) is 27.5. The largest absolute Gasteiger partial charge is 0.378 e. The van der Waals surface area contributed by atoms with Gasteiger partial charge in [0.1, 0.15) is 0 Å². The molecule has 230 valence electrons. The predicted octanol–water partition coefficient (Wildman–Crippen LogP) is 10.8. The Kier molecular flexibility index (Phi) is 25.7. The minimum absolute atomic E-state index is 0.368. The van der Waals surface area contributed by atoms with Crippen LogP contribution in [0.25, 0.3) is 0 Å². The molecule has 0 bridgehead atoms. The van der Waals surface area contributed by atoms with Crippen molar-refractivity contribution in [1.82, 2.24) is 4.90 Å². The molecule has 0 aromatic rings. The molecule has 0 aromatic heterocycles. The molecule has 1 saturated carbocycles.